The molecule has 0 saturated heterocycles. The monoisotopic (exact) mass is 1210 g/mol. The summed E-state index contributed by atoms with van der Waals surface area (Å²) in [5.41, 5.74) is 3.26. The van der Waals surface area contributed by atoms with Gasteiger partial charge in [0.25, 0.3) is 0 Å². The number of aryl methyl sites for hydroxylation is 2. The molecule has 16 nitrogen and oxygen atoms in total. The van der Waals surface area contributed by atoms with Crippen LogP contribution in [0.15, 0.2) is 107 Å². The van der Waals surface area contributed by atoms with E-state index in [1.165, 1.54) is 57.0 Å². The first-order chi connectivity index (χ1) is 34.7. The number of hydrogen-bond donors (Lipinski definition) is 1. The Bertz CT molecular complexity index is 2960. The van der Waals surface area contributed by atoms with Gasteiger partial charge in [0.15, 0.2) is 0 Å². The van der Waals surface area contributed by atoms with Crippen LogP contribution in [0.25, 0.3) is 0 Å². The van der Waals surface area contributed by atoms with E-state index in [1.54, 1.807) is 36.4 Å². The third-order valence-electron chi connectivity index (χ3n) is 9.48. The van der Waals surface area contributed by atoms with Crippen LogP contribution in [0.1, 0.15) is 43.0 Å². The van der Waals surface area contributed by atoms with Crippen molar-refractivity contribution in [1.29, 1.82) is 10.5 Å². The van der Waals surface area contributed by atoms with Crippen molar-refractivity contribution >= 4 is 113 Å². The van der Waals surface area contributed by atoms with Gasteiger partial charge in [-0.25, -0.2) is 19.6 Å². The van der Waals surface area contributed by atoms with Crippen molar-refractivity contribution in [2.45, 2.75) is 38.4 Å². The Morgan fingerprint density at radius 3 is 1.49 bits per heavy atom. The van der Waals surface area contributed by atoms with Gasteiger partial charge in [0.05, 0.1) is 53.8 Å². The molecule has 2 aromatic heterocycles. The lowest BCUT2D eigenvalue weighted by Gasteiger charge is -2.24. The van der Waals surface area contributed by atoms with E-state index in [0.29, 0.717) is 37.5 Å². The van der Waals surface area contributed by atoms with E-state index in [-0.39, 0.29) is 42.9 Å². The van der Waals surface area contributed by atoms with Crippen molar-refractivity contribution in [3.05, 3.63) is 138 Å². The third kappa shape index (κ3) is 16.8. The number of halogens is 10. The second-order valence-electron chi connectivity index (χ2n) is 14.4. The maximum Gasteiger partial charge on any atom is 0.573 e. The number of nitrogens with one attached hydrogen (secondary N) is 1. The lowest BCUT2D eigenvalue weighted by molar-refractivity contribution is -0.275. The van der Waals surface area contributed by atoms with Crippen molar-refractivity contribution in [2.24, 2.45) is 10.2 Å². The number of rotatable bonds is 9. The van der Waals surface area contributed by atoms with Crippen molar-refractivity contribution in [3.8, 4) is 23.6 Å². The lowest BCUT2D eigenvalue weighted by Crippen LogP contribution is -2.40. The van der Waals surface area contributed by atoms with Crippen LogP contribution in [0.2, 0.25) is 10.0 Å². The van der Waals surface area contributed by atoms with Gasteiger partial charge in [0, 0.05) is 21.4 Å². The number of carbonyl (C=O) groups is 2. The number of alkyl halides is 8. The normalized spacial score (nSPS) is 14.8. The number of amides is 4. The zero-order valence-electron chi connectivity index (χ0n) is 37.9. The summed E-state index contributed by atoms with van der Waals surface area (Å²) in [5.74, 6) is 0.342. The minimum Gasteiger partial charge on any atom is -0.406 e. The van der Waals surface area contributed by atoms with Crippen LogP contribution in [0, 0.1) is 36.5 Å². The van der Waals surface area contributed by atoms with Gasteiger partial charge in [-0.3, -0.25) is 4.90 Å². The van der Waals surface area contributed by atoms with Gasteiger partial charge in [-0.2, -0.15) is 20.7 Å². The van der Waals surface area contributed by atoms with Crippen LogP contribution >= 0.6 is 77.7 Å². The van der Waals surface area contributed by atoms with Gasteiger partial charge in [0.2, 0.25) is 0 Å². The van der Waals surface area contributed by atoms with Gasteiger partial charge in [0.1, 0.15) is 38.1 Å². The molecule has 0 saturated carbocycles. The summed E-state index contributed by atoms with van der Waals surface area (Å²) < 4.78 is 82.0. The minimum atomic E-state index is -4.84. The van der Waals surface area contributed by atoms with E-state index >= 15 is 0 Å². The third-order valence-corrected chi connectivity index (χ3v) is 12.1. The minimum absolute atomic E-state index is 0.141. The first-order valence-corrected chi connectivity index (χ1v) is 25.7. The van der Waals surface area contributed by atoms with E-state index in [9.17, 15) is 41.2 Å². The average molecular weight is 1220 g/mol. The summed E-state index contributed by atoms with van der Waals surface area (Å²) in [4.78, 5) is 27.3. The number of aromatic nitrogens is 4. The molecular formula is C45H36Br2Cl2F6N12O4S2. The van der Waals surface area contributed by atoms with E-state index in [0.717, 1.165) is 55.3 Å². The Morgan fingerprint density at radius 1 is 0.699 bits per heavy atom. The molecule has 4 amide bonds. The van der Waals surface area contributed by atoms with E-state index in [1.807, 2.05) is 44.0 Å². The smallest absolute Gasteiger partial charge is 0.406 e. The number of nitriles is 2. The molecule has 1 N–H and O–H groups in total. The Kier molecular flexibility index (Phi) is 20.9. The zero-order chi connectivity index (χ0) is 53.5. The summed E-state index contributed by atoms with van der Waals surface area (Å²) in [6.45, 7) is 3.68. The highest BCUT2D eigenvalue weighted by Gasteiger charge is 2.38. The van der Waals surface area contributed by atoms with Crippen molar-refractivity contribution < 1.29 is 45.4 Å². The predicted octanol–water partition coefficient (Wildman–Crippen LogP) is 12.7. The maximum absolute atomic E-state index is 13.4. The van der Waals surface area contributed by atoms with Gasteiger partial charge >= 0.3 is 24.8 Å². The second-order valence-corrected chi connectivity index (χ2v) is 18.3. The summed E-state index contributed by atoms with van der Waals surface area (Å²) in [6.07, 6.45) is -9.63. The molecule has 4 heterocycles. The molecule has 2 atom stereocenters. The number of carbonyl (C=O) groups excluding carboxylic acids is 2. The molecule has 6 aromatic rings. The van der Waals surface area contributed by atoms with Gasteiger partial charge in [-0.1, -0.05) is 79.3 Å². The maximum atomic E-state index is 13.4. The van der Waals surface area contributed by atoms with Crippen LogP contribution in [-0.4, -0.2) is 97.4 Å². The summed E-state index contributed by atoms with van der Waals surface area (Å²) in [7, 11) is 0. The quantitative estimate of drug-likeness (QED) is 0.0825. The molecule has 2 unspecified atom stereocenters. The summed E-state index contributed by atoms with van der Waals surface area (Å²) in [5, 5.41) is 52.0. The Balaban J connectivity index is 0.000000245. The molecule has 0 bridgehead atoms. The highest BCUT2D eigenvalue weighted by Crippen LogP contribution is 2.35. The van der Waals surface area contributed by atoms with Gasteiger partial charge in [-0.05, 0) is 104 Å². The number of nitrogens with zero attached hydrogens (tertiary/aromatic N) is 11. The largest absolute Gasteiger partial charge is 0.573 e. The van der Waals surface area contributed by atoms with E-state index < -0.39 is 30.5 Å². The predicted molar refractivity (Wildman–Crippen MR) is 272 cm³/mol. The van der Waals surface area contributed by atoms with Crippen molar-refractivity contribution in [3.63, 3.8) is 0 Å². The van der Waals surface area contributed by atoms with E-state index in [4.69, 9.17) is 28.5 Å². The van der Waals surface area contributed by atoms with Crippen LogP contribution < -0.4 is 19.7 Å². The van der Waals surface area contributed by atoms with Gasteiger partial charge < -0.3 is 14.8 Å². The SMILES string of the molecule is CBr.Cc1nnc(C2CN(C(=O)N(CC#N)c3ccc(OC(F)(F)F)cc3)N=C2c2ccc(Cl)cc2)s1.Cc1nnc(C2CN(C(=O)Nc3ccc(OC(F)(F)F)cc3)N=C2c2ccc(Cl)cc2)s1.N#CCBr. The Morgan fingerprint density at radius 2 is 1.11 bits per heavy atom. The molecular weight excluding hydrogens is 1180 g/mol. The number of anilines is 2. The topological polar surface area (TPSA) is 198 Å². The number of hydrogen-bond acceptors (Lipinski definition) is 14. The average Bonchev–Trinajstić information content (AvgIpc) is 4.19. The van der Waals surface area contributed by atoms with Crippen LogP contribution in [0.5, 0.6) is 11.5 Å². The number of ether oxygens (including phenoxy) is 2. The molecule has 73 heavy (non-hydrogen) atoms. The molecule has 0 fully saturated rings. The zero-order valence-corrected chi connectivity index (χ0v) is 44.2. The molecule has 28 heteroatoms. The molecule has 0 aliphatic carbocycles. The highest BCUT2D eigenvalue weighted by atomic mass is 79.9. The van der Waals surface area contributed by atoms with Crippen molar-refractivity contribution in [1.82, 2.24) is 30.4 Å². The standard InChI is InChI=1S/C22H16ClF3N6O2S.C20H15ClF3N5O2S.C2H2BrN.CH3Br/c1-13-28-29-20(35-13)18-12-32(30-19(18)14-2-4-15(23)5-3-14)21(33)31(11-10-27)16-6-8-17(9-7-16)34-22(24,25)26;1-11-26-27-18(32-11)16-10-29(28-17(16)12-2-4-13(21)5-3-12)19(30)25-14-6-8-15(9-7-14)31-20(22,23)24;3-1-2-4;1-2/h2-9,18H,11-12H2,1H3;2-9,16H,10H2,1H3,(H,25,30);1H2;1H3. The van der Waals surface area contributed by atoms with Crippen LogP contribution in [0.4, 0.5) is 47.3 Å². The fourth-order valence-electron chi connectivity index (χ4n) is 6.54. The Labute approximate surface area is 447 Å². The molecule has 8 rings (SSSR count). The number of benzene rings is 4. The fraction of sp³-hybridized carbons (Fsp3) is 0.244. The Hall–Kier alpha value is -6.42. The van der Waals surface area contributed by atoms with Crippen LogP contribution in [-0.2, 0) is 0 Å². The lowest BCUT2D eigenvalue weighted by atomic mass is 9.98. The molecule has 4 aromatic carbocycles. The molecule has 2 aliphatic rings. The molecule has 0 spiro atoms. The van der Waals surface area contributed by atoms with E-state index in [2.05, 4.69) is 77.2 Å². The van der Waals surface area contributed by atoms with Gasteiger partial charge in [-0.15, -0.1) is 69.4 Å². The number of hydrazone groups is 2. The second kappa shape index (κ2) is 26.5. The molecule has 0 radical (unpaired) electrons. The van der Waals surface area contributed by atoms with Crippen molar-refractivity contribution in [2.75, 3.05) is 41.0 Å². The summed E-state index contributed by atoms with van der Waals surface area (Å²) in [6, 6.07) is 26.2. The molecule has 2 aliphatic heterocycles. The fourth-order valence-corrected chi connectivity index (χ4v) is 8.38. The first-order valence-electron chi connectivity index (χ1n) is 20.6. The summed E-state index contributed by atoms with van der Waals surface area (Å²) >= 11 is 20.6. The first kappa shape index (κ1) is 57.5. The highest BCUT2D eigenvalue weighted by molar-refractivity contribution is 9.09. The van der Waals surface area contributed by atoms with Crippen LogP contribution in [0.3, 0.4) is 0 Å². The molecule has 382 valence electrons. The number of urea groups is 2.